The molecule has 1 saturated carbocycles. The summed E-state index contributed by atoms with van der Waals surface area (Å²) < 4.78 is 1.74. The van der Waals surface area contributed by atoms with E-state index in [1.807, 2.05) is 7.05 Å². The molecule has 1 aromatic heterocycles. The molecule has 2 unspecified atom stereocenters. The van der Waals surface area contributed by atoms with Gasteiger partial charge in [-0.2, -0.15) is 0 Å². The fourth-order valence-corrected chi connectivity index (χ4v) is 3.00. The highest BCUT2D eigenvalue weighted by atomic mass is 79.9. The second-order valence-corrected chi connectivity index (χ2v) is 4.96. The summed E-state index contributed by atoms with van der Waals surface area (Å²) in [6, 6.07) is 0.307. The lowest BCUT2D eigenvalue weighted by Crippen LogP contribution is -2.38. The Kier molecular flexibility index (Phi) is 3.63. The summed E-state index contributed by atoms with van der Waals surface area (Å²) in [5.41, 5.74) is 0.625. The number of nitrogens with one attached hydrogen (secondary N) is 1. The van der Waals surface area contributed by atoms with Crippen LogP contribution >= 0.6 is 15.9 Å². The van der Waals surface area contributed by atoms with Crippen molar-refractivity contribution in [3.8, 4) is 0 Å². The van der Waals surface area contributed by atoms with Gasteiger partial charge >= 0.3 is 0 Å². The van der Waals surface area contributed by atoms with Crippen LogP contribution in [-0.4, -0.2) is 26.8 Å². The summed E-state index contributed by atoms with van der Waals surface area (Å²) in [6.45, 7) is 0. The summed E-state index contributed by atoms with van der Waals surface area (Å²) in [5, 5.41) is 4.05. The van der Waals surface area contributed by atoms with Crippen molar-refractivity contribution in [2.45, 2.75) is 25.3 Å². The minimum atomic E-state index is -0.0159. The molecule has 0 radical (unpaired) electrons. The average Bonchev–Trinajstić information content (AvgIpc) is 2.86. The predicted octanol–water partition coefficient (Wildman–Crippen LogP) is 1.71. The summed E-state index contributed by atoms with van der Waals surface area (Å²) in [7, 11) is 1.83. The van der Waals surface area contributed by atoms with Crippen LogP contribution in [0.25, 0.3) is 0 Å². The van der Waals surface area contributed by atoms with Crippen molar-refractivity contribution < 1.29 is 4.79 Å². The first-order valence-corrected chi connectivity index (χ1v) is 6.67. The van der Waals surface area contributed by atoms with Crippen molar-refractivity contribution in [3.05, 3.63) is 18.2 Å². The van der Waals surface area contributed by atoms with Crippen LogP contribution < -0.4 is 5.32 Å². The fourth-order valence-electron chi connectivity index (χ4n) is 2.23. The third-order valence-corrected chi connectivity index (χ3v) is 4.05. The van der Waals surface area contributed by atoms with E-state index < -0.39 is 0 Å². The minimum Gasteiger partial charge on any atom is -0.348 e. The van der Waals surface area contributed by atoms with Gasteiger partial charge < -0.3 is 9.88 Å². The summed E-state index contributed by atoms with van der Waals surface area (Å²) in [4.78, 5) is 15.9. The van der Waals surface area contributed by atoms with Gasteiger partial charge in [-0.25, -0.2) is 4.98 Å². The molecular weight excluding hydrogens is 270 g/mol. The summed E-state index contributed by atoms with van der Waals surface area (Å²) in [6.07, 6.45) is 6.73. The van der Waals surface area contributed by atoms with Gasteiger partial charge in [-0.15, -0.1) is 0 Å². The molecule has 1 amide bonds. The van der Waals surface area contributed by atoms with Gasteiger partial charge in [-0.3, -0.25) is 4.79 Å². The van der Waals surface area contributed by atoms with Gasteiger partial charge in [0.05, 0.1) is 12.5 Å². The Hall–Kier alpha value is -0.840. The lowest BCUT2D eigenvalue weighted by molar-refractivity contribution is 0.0922. The molecule has 88 valence electrons. The molecule has 5 heteroatoms. The first-order valence-electron chi connectivity index (χ1n) is 5.55. The van der Waals surface area contributed by atoms with Crippen molar-refractivity contribution in [3.63, 3.8) is 0 Å². The van der Waals surface area contributed by atoms with Crippen LogP contribution in [0.4, 0.5) is 0 Å². The quantitative estimate of drug-likeness (QED) is 0.860. The number of imidazole rings is 1. The van der Waals surface area contributed by atoms with E-state index in [1.54, 1.807) is 17.1 Å². The first kappa shape index (κ1) is 11.6. The molecule has 2 rings (SSSR count). The fraction of sp³-hybridized carbons (Fsp3) is 0.636. The van der Waals surface area contributed by atoms with Crippen LogP contribution in [0.3, 0.4) is 0 Å². The number of carbonyl (C=O) groups is 1. The maximum absolute atomic E-state index is 12.0. The Labute approximate surface area is 104 Å². The van der Waals surface area contributed by atoms with Crippen molar-refractivity contribution >= 4 is 21.8 Å². The van der Waals surface area contributed by atoms with E-state index in [4.69, 9.17) is 0 Å². The molecule has 1 fully saturated rings. The maximum atomic E-state index is 12.0. The number of aromatic nitrogens is 2. The molecule has 4 nitrogen and oxygen atoms in total. The van der Waals surface area contributed by atoms with Gasteiger partial charge in [0.15, 0.2) is 0 Å². The average molecular weight is 286 g/mol. The third-order valence-electron chi connectivity index (χ3n) is 3.22. The molecule has 1 heterocycles. The largest absolute Gasteiger partial charge is 0.348 e. The number of aryl methyl sites for hydroxylation is 1. The van der Waals surface area contributed by atoms with E-state index >= 15 is 0 Å². The highest BCUT2D eigenvalue weighted by Crippen LogP contribution is 2.27. The summed E-state index contributed by atoms with van der Waals surface area (Å²) in [5.74, 6) is 0.551. The smallest absolute Gasteiger partial charge is 0.269 e. The number of alkyl halides is 1. The molecule has 2 atom stereocenters. The Balaban J connectivity index is 2.00. The number of carbonyl (C=O) groups excluding carboxylic acids is 1. The van der Waals surface area contributed by atoms with Crippen LogP contribution in [-0.2, 0) is 7.05 Å². The van der Waals surface area contributed by atoms with E-state index in [-0.39, 0.29) is 5.91 Å². The third kappa shape index (κ3) is 2.29. The Morgan fingerprint density at radius 2 is 2.50 bits per heavy atom. The molecule has 1 N–H and O–H groups in total. The molecule has 16 heavy (non-hydrogen) atoms. The number of rotatable bonds is 3. The van der Waals surface area contributed by atoms with Crippen LogP contribution in [0.5, 0.6) is 0 Å². The van der Waals surface area contributed by atoms with Crippen molar-refractivity contribution in [2.75, 3.05) is 5.33 Å². The van der Waals surface area contributed by atoms with E-state index in [1.165, 1.54) is 12.8 Å². The number of nitrogens with zero attached hydrogens (tertiary/aromatic N) is 2. The first-order chi connectivity index (χ1) is 7.72. The van der Waals surface area contributed by atoms with Gasteiger partial charge in [-0.05, 0) is 18.8 Å². The number of amides is 1. The van der Waals surface area contributed by atoms with Crippen molar-refractivity contribution in [2.24, 2.45) is 13.0 Å². The molecule has 0 aromatic carbocycles. The second-order valence-electron chi connectivity index (χ2n) is 4.32. The van der Waals surface area contributed by atoms with Crippen LogP contribution in [0, 0.1) is 5.92 Å². The number of hydrogen-bond donors (Lipinski definition) is 1. The molecule has 0 bridgehead atoms. The van der Waals surface area contributed by atoms with Crippen molar-refractivity contribution in [1.82, 2.24) is 14.9 Å². The Morgan fingerprint density at radius 1 is 1.69 bits per heavy atom. The summed E-state index contributed by atoms with van der Waals surface area (Å²) >= 11 is 3.50. The van der Waals surface area contributed by atoms with Gasteiger partial charge in [0.1, 0.15) is 5.69 Å². The normalized spacial score (nSPS) is 24.6. The van der Waals surface area contributed by atoms with Gasteiger partial charge in [-0.1, -0.05) is 22.4 Å². The van der Waals surface area contributed by atoms with Gasteiger partial charge in [0, 0.05) is 18.4 Å². The standard InChI is InChI=1S/C11H16BrN3O/c1-15-7-13-6-10(15)11(16)14-9-4-2-3-8(9)5-12/h6-9H,2-5H2,1H3,(H,14,16). The topological polar surface area (TPSA) is 46.9 Å². The van der Waals surface area contributed by atoms with Crippen LogP contribution in [0.2, 0.25) is 0 Å². The van der Waals surface area contributed by atoms with E-state index in [2.05, 4.69) is 26.2 Å². The molecule has 1 aliphatic rings. The maximum Gasteiger partial charge on any atom is 0.269 e. The SMILES string of the molecule is Cn1cncc1C(=O)NC1CCCC1CBr. The molecule has 1 aromatic rings. The van der Waals surface area contributed by atoms with E-state index in [0.29, 0.717) is 17.7 Å². The monoisotopic (exact) mass is 285 g/mol. The van der Waals surface area contributed by atoms with Crippen LogP contribution in [0.1, 0.15) is 29.8 Å². The van der Waals surface area contributed by atoms with E-state index in [9.17, 15) is 4.79 Å². The van der Waals surface area contributed by atoms with Crippen LogP contribution in [0.15, 0.2) is 12.5 Å². The molecule has 1 aliphatic carbocycles. The number of halogens is 1. The molecule has 0 saturated heterocycles. The zero-order chi connectivity index (χ0) is 11.5. The molecule has 0 aliphatic heterocycles. The molecule has 0 spiro atoms. The Bertz CT molecular complexity index is 377. The highest BCUT2D eigenvalue weighted by Gasteiger charge is 2.28. The van der Waals surface area contributed by atoms with Crippen molar-refractivity contribution in [1.29, 1.82) is 0 Å². The van der Waals surface area contributed by atoms with Gasteiger partial charge in [0.25, 0.3) is 5.91 Å². The second kappa shape index (κ2) is 4.99. The lowest BCUT2D eigenvalue weighted by atomic mass is 10.1. The van der Waals surface area contributed by atoms with E-state index in [0.717, 1.165) is 11.8 Å². The zero-order valence-electron chi connectivity index (χ0n) is 9.32. The molecular formula is C11H16BrN3O. The lowest BCUT2D eigenvalue weighted by Gasteiger charge is -2.18. The number of hydrogen-bond acceptors (Lipinski definition) is 2. The zero-order valence-corrected chi connectivity index (χ0v) is 10.9. The minimum absolute atomic E-state index is 0.0159. The Morgan fingerprint density at radius 3 is 3.12 bits per heavy atom. The predicted molar refractivity (Wildman–Crippen MR) is 65.6 cm³/mol. The van der Waals surface area contributed by atoms with Gasteiger partial charge in [0.2, 0.25) is 0 Å². The highest BCUT2D eigenvalue weighted by molar-refractivity contribution is 9.09.